The minimum Gasteiger partial charge on any atom is -0.506 e. The van der Waals surface area contributed by atoms with E-state index in [1.54, 1.807) is 45.0 Å². The number of fused-ring (bicyclic) bond motifs is 15. The van der Waals surface area contributed by atoms with Gasteiger partial charge in [-0.1, -0.05) is 12.1 Å². The van der Waals surface area contributed by atoms with E-state index in [-0.39, 0.29) is 116 Å². The molecule has 11 atom stereocenters. The zero-order valence-electron chi connectivity index (χ0n) is 55.6. The predicted octanol–water partition coefficient (Wildman–Crippen LogP) is 3.61. The van der Waals surface area contributed by atoms with Gasteiger partial charge in [-0.15, -0.1) is 68.4 Å². The molecule has 4 aliphatic heterocycles. The molecule has 1 saturated heterocycles. The van der Waals surface area contributed by atoms with Crippen LogP contribution in [-0.2, 0) is 60.6 Å². The number of benzene rings is 1. The Bertz CT molecular complexity index is 4810. The van der Waals surface area contributed by atoms with Crippen LogP contribution in [0, 0.1) is 0 Å². The van der Waals surface area contributed by atoms with Gasteiger partial charge in [0.15, 0.2) is 23.5 Å². The quantitative estimate of drug-likeness (QED) is 0.0258. The van der Waals surface area contributed by atoms with E-state index in [9.17, 15) is 54.1 Å². The molecule has 0 radical (unpaired) electrons. The number of primary amides is 1. The number of nitrogens with two attached hydrogens (primary N) is 1. The Labute approximate surface area is 612 Å². The van der Waals surface area contributed by atoms with Gasteiger partial charge in [-0.25, -0.2) is 39.5 Å². The Kier molecular flexibility index (Phi) is 21.9. The lowest BCUT2D eigenvalue weighted by molar-refractivity contribution is -0.280. The Morgan fingerprint density at radius 2 is 1.54 bits per heavy atom. The highest BCUT2D eigenvalue weighted by Gasteiger charge is 2.50. The van der Waals surface area contributed by atoms with Crippen molar-refractivity contribution in [2.24, 2.45) is 5.73 Å². The number of aromatic nitrogens is 7. The smallest absolute Gasteiger partial charge is 0.358 e. The number of amides is 6. The van der Waals surface area contributed by atoms with Gasteiger partial charge < -0.3 is 96.0 Å². The first-order valence-corrected chi connectivity index (χ1v) is 38.6. The fraction of sp³-hybridized carbons (Fsp3) is 0.387. The summed E-state index contributed by atoms with van der Waals surface area (Å²) in [6, 6.07) is 0.453. The van der Waals surface area contributed by atoms with Crippen LogP contribution in [0.3, 0.4) is 0 Å². The normalized spacial score (nSPS) is 23.8. The number of nitrogens with zero attached hydrogens (tertiary/aromatic N) is 8. The number of cyclic esters (lactones) is 2. The van der Waals surface area contributed by atoms with Gasteiger partial charge in [0.1, 0.15) is 120 Å². The van der Waals surface area contributed by atoms with Gasteiger partial charge in [0.2, 0.25) is 5.91 Å². The van der Waals surface area contributed by atoms with Gasteiger partial charge in [-0.05, 0) is 59.5 Å². The maximum Gasteiger partial charge on any atom is 0.358 e. The molecular formula is C62H65N14O21PS6. The number of aromatic hydroxyl groups is 1. The number of allylic oxidation sites excluding steroid dienone is 1. The summed E-state index contributed by atoms with van der Waals surface area (Å²) in [7, 11) is 0.324. The molecule has 13 N–H and O–H groups in total. The third-order valence-corrected chi connectivity index (χ3v) is 23.6. The van der Waals surface area contributed by atoms with Crippen molar-refractivity contribution >= 4 is 140 Å². The van der Waals surface area contributed by atoms with E-state index in [0.717, 1.165) is 56.7 Å². The monoisotopic (exact) mass is 1560 g/mol. The number of rotatable bonds is 13. The lowest BCUT2D eigenvalue weighted by atomic mass is 9.85. The van der Waals surface area contributed by atoms with Crippen molar-refractivity contribution in [3.05, 3.63) is 112 Å². The van der Waals surface area contributed by atoms with E-state index in [1.165, 1.54) is 60.0 Å². The van der Waals surface area contributed by atoms with Gasteiger partial charge in [0.05, 0.1) is 49.2 Å². The lowest BCUT2D eigenvalue weighted by Gasteiger charge is -2.48. The summed E-state index contributed by atoms with van der Waals surface area (Å²) in [6.07, 6.45) is -8.29. The van der Waals surface area contributed by atoms with Gasteiger partial charge in [-0.2, -0.15) is 4.73 Å². The molecule has 12 rings (SSSR count). The molecule has 12 bridgehead atoms. The van der Waals surface area contributed by atoms with Crippen LogP contribution < -0.4 is 32.3 Å². The SMILES string of the molecule is CO/C(C)=C1/NC(=O)C(C(C)O)NC(=O)c2csc(n2)-c2cc(O)c(-c3nc(C(=O)NC(SCCP(=O)(O)O)C(N)=O)cs3)nc2-c2csc(n2)C2COC(=O)c3c4c5c(cccc5n3O)COC(=O)C(OC3CC(C)(O)C(N(C)C)C(C)O3)C(OC4)C(NC(=O)c3csc1n3)c1nc(cs1)C(=O)N2. The minimum absolute atomic E-state index is 0.00397. The zero-order chi connectivity index (χ0) is 74.5. The molecule has 11 heterocycles. The number of ether oxygens (including phenoxy) is 6. The Balaban J connectivity index is 1.02. The molecule has 0 saturated carbocycles. The lowest BCUT2D eigenvalue weighted by Crippen LogP contribution is -2.62. The van der Waals surface area contributed by atoms with E-state index >= 15 is 19.2 Å². The number of aliphatic hydroxyl groups excluding tert-OH is 1. The molecule has 6 amide bonds. The summed E-state index contributed by atoms with van der Waals surface area (Å²) in [5.41, 5.74) is 2.19. The second-order valence-electron chi connectivity index (χ2n) is 24.5. The molecule has 8 aromatic rings. The largest absolute Gasteiger partial charge is 0.506 e. The Morgan fingerprint density at radius 1 is 0.875 bits per heavy atom. The van der Waals surface area contributed by atoms with Crippen molar-refractivity contribution < 1.29 is 102 Å². The van der Waals surface area contributed by atoms with Crippen LogP contribution in [0.15, 0.2) is 56.9 Å². The van der Waals surface area contributed by atoms with Crippen molar-refractivity contribution in [2.75, 3.05) is 39.7 Å². The summed E-state index contributed by atoms with van der Waals surface area (Å²) >= 11 is 4.98. The van der Waals surface area contributed by atoms with Crippen LogP contribution in [0.25, 0.3) is 49.3 Å². The molecule has 42 heteroatoms. The second-order valence-corrected chi connectivity index (χ2v) is 31.9. The fourth-order valence-corrected chi connectivity index (χ4v) is 18.3. The highest BCUT2D eigenvalue weighted by Crippen LogP contribution is 2.43. The van der Waals surface area contributed by atoms with Gasteiger partial charge in [-0.3, -0.25) is 33.3 Å². The first-order chi connectivity index (χ1) is 49.4. The number of carbonyl (C=O) groups excluding carboxylic acids is 8. The van der Waals surface area contributed by atoms with E-state index < -0.39 is 158 Å². The Hall–Kier alpha value is -8.78. The molecule has 1 fully saturated rings. The molecular weight excluding hydrogens is 1500 g/mol. The number of carbonyl (C=O) groups is 8. The standard InChI is InChI=1S/C62H65N14O21PS6/c1-23(77)39-53(84)72-40(24(2)92-7)56-67-33(21-102-56)51(82)73-43-45-46(97-37-14-62(4,87)47(75(5)6)25(3)96-37)61(86)94-15-26-9-8-10-35-38(26)28(16-93-45)44(76(35)88)60(85)95-17-29(64-49(80)31-20-104-58(43)69-31)55-65-30(18-101-55)41-27(54-66-32(19-100-54)50(81)71-39)13-36(78)42(70-41)57-68-34(22-103-57)52(83)74-59(48(63)79)99-12-11-98(89,90)91/h8-10,13,18-23,25,29,37,39,43,45-47,59,77-78,87-88H,11-12,14-17H2,1-7H3,(H2,63,79)(H,64,80)(H,71,81)(H,72,84)(H,73,82)(H,74,83)(H2,89,90,91)/b40-24+. The van der Waals surface area contributed by atoms with E-state index in [4.69, 9.17) is 49.1 Å². The van der Waals surface area contributed by atoms with Crippen molar-refractivity contribution in [1.29, 1.82) is 0 Å². The molecule has 11 unspecified atom stereocenters. The number of nitrogens with one attached hydrogen (secondary N) is 5. The topological polar surface area (TPSA) is 502 Å². The van der Waals surface area contributed by atoms with Crippen LogP contribution >= 0.6 is 76.0 Å². The Morgan fingerprint density at radius 3 is 2.24 bits per heavy atom. The number of pyridine rings is 1. The summed E-state index contributed by atoms with van der Waals surface area (Å²) in [4.78, 5) is 164. The minimum atomic E-state index is -4.48. The summed E-state index contributed by atoms with van der Waals surface area (Å²) in [5.74, 6) is -8.85. The third kappa shape index (κ3) is 15.6. The molecule has 550 valence electrons. The predicted molar refractivity (Wildman–Crippen MR) is 374 cm³/mol. The zero-order valence-corrected chi connectivity index (χ0v) is 61.4. The highest BCUT2D eigenvalue weighted by molar-refractivity contribution is 8.00. The van der Waals surface area contributed by atoms with Crippen LogP contribution in [-0.4, -0.2) is 211 Å². The van der Waals surface area contributed by atoms with Crippen molar-refractivity contribution in [3.63, 3.8) is 0 Å². The van der Waals surface area contributed by atoms with E-state index in [1.807, 2.05) is 0 Å². The average molecular weight is 1570 g/mol. The van der Waals surface area contributed by atoms with Crippen molar-refractivity contribution in [3.8, 4) is 38.4 Å². The summed E-state index contributed by atoms with van der Waals surface area (Å²) in [5, 5.41) is 65.9. The maximum absolute atomic E-state index is 15.2. The van der Waals surface area contributed by atoms with Crippen LogP contribution in [0.1, 0.15) is 125 Å². The number of esters is 2. The molecule has 4 aliphatic rings. The van der Waals surface area contributed by atoms with Crippen molar-refractivity contribution in [1.82, 2.24) is 66.1 Å². The second kappa shape index (κ2) is 30.4. The number of thioether (sulfide) groups is 1. The number of likely N-dealkylation sites (N-methyl/N-ethyl adjacent to an activating group) is 1. The average Bonchev–Trinajstić information content (AvgIpc) is 1.57. The summed E-state index contributed by atoms with van der Waals surface area (Å²) < 4.78 is 49.7. The van der Waals surface area contributed by atoms with Gasteiger partial charge >= 0.3 is 19.5 Å². The first kappa shape index (κ1) is 74.9. The fourth-order valence-electron chi connectivity index (χ4n) is 12.1. The van der Waals surface area contributed by atoms with Gasteiger partial charge in [0.25, 0.3) is 29.5 Å². The number of hydrogen-bond donors (Lipinski definition) is 12. The molecule has 104 heavy (non-hydrogen) atoms. The number of methoxy groups -OCH3 is 1. The molecule has 0 spiro atoms. The first-order valence-electron chi connectivity index (χ1n) is 31.3. The third-order valence-electron chi connectivity index (χ3n) is 16.9. The molecule has 0 aliphatic carbocycles. The van der Waals surface area contributed by atoms with Crippen molar-refractivity contribution in [2.45, 2.75) is 113 Å². The summed E-state index contributed by atoms with van der Waals surface area (Å²) in [6.45, 7) is 4.11. The van der Waals surface area contributed by atoms with E-state index in [2.05, 4.69) is 41.5 Å². The van der Waals surface area contributed by atoms with Gasteiger partial charge in [0, 0.05) is 55.6 Å². The molecule has 7 aromatic heterocycles. The maximum atomic E-state index is 15.2. The highest BCUT2D eigenvalue weighted by atomic mass is 32.2. The number of hydrogen-bond acceptors (Lipinski definition) is 32. The van der Waals surface area contributed by atoms with Crippen LogP contribution in [0.2, 0.25) is 0 Å². The number of aliphatic hydroxyl groups is 2. The van der Waals surface area contributed by atoms with Crippen LogP contribution in [0.5, 0.6) is 5.75 Å². The number of thiazole rings is 5. The van der Waals surface area contributed by atoms with Crippen LogP contribution in [0.4, 0.5) is 0 Å². The molecule has 1 aromatic carbocycles. The molecule has 35 nitrogen and oxygen atoms in total. The van der Waals surface area contributed by atoms with E-state index in [0.29, 0.717) is 16.5 Å².